The Morgan fingerprint density at radius 3 is 2.20 bits per heavy atom. The summed E-state index contributed by atoms with van der Waals surface area (Å²) >= 11 is 0. The summed E-state index contributed by atoms with van der Waals surface area (Å²) in [7, 11) is 0. The minimum atomic E-state index is -4.73. The van der Waals surface area contributed by atoms with Gasteiger partial charge in [-0.1, -0.05) is 6.07 Å². The fourth-order valence-corrected chi connectivity index (χ4v) is 2.86. The van der Waals surface area contributed by atoms with E-state index in [0.717, 1.165) is 12.1 Å². The molecule has 0 saturated heterocycles. The number of alkyl halides is 6. The molecule has 0 aliphatic rings. The Morgan fingerprint density at radius 1 is 0.800 bits per heavy atom. The van der Waals surface area contributed by atoms with Gasteiger partial charge in [-0.25, -0.2) is 15.0 Å². The molecular weight excluding hydrogens is 412 g/mol. The number of hydrogen-bond donors (Lipinski definition) is 1. The molecule has 0 radical (unpaired) electrons. The summed E-state index contributed by atoms with van der Waals surface area (Å²) in [5.74, 6) is 0.0157. The van der Waals surface area contributed by atoms with Crippen LogP contribution in [0, 0.1) is 0 Å². The van der Waals surface area contributed by atoms with Gasteiger partial charge in [0.15, 0.2) is 5.69 Å². The minimum absolute atomic E-state index is 0.0280. The first-order valence-corrected chi connectivity index (χ1v) is 8.45. The number of halogens is 6. The van der Waals surface area contributed by atoms with Crippen molar-refractivity contribution in [2.75, 3.05) is 5.32 Å². The molecule has 0 bridgehead atoms. The van der Waals surface area contributed by atoms with E-state index in [4.69, 9.17) is 0 Å². The quantitative estimate of drug-likeness (QED) is 0.438. The molecule has 5 nitrogen and oxygen atoms in total. The molecule has 0 fully saturated rings. The lowest BCUT2D eigenvalue weighted by molar-refractivity contribution is -0.140. The van der Waals surface area contributed by atoms with E-state index in [-0.39, 0.29) is 23.0 Å². The first-order chi connectivity index (χ1) is 14.1. The number of nitrogens with one attached hydrogen (secondary N) is 1. The Labute approximate surface area is 165 Å². The van der Waals surface area contributed by atoms with E-state index in [1.54, 1.807) is 0 Å². The molecule has 0 saturated carbocycles. The van der Waals surface area contributed by atoms with Crippen LogP contribution < -0.4 is 5.32 Å². The van der Waals surface area contributed by atoms with Crippen LogP contribution in [-0.2, 0) is 12.4 Å². The van der Waals surface area contributed by atoms with Crippen molar-refractivity contribution in [2.24, 2.45) is 0 Å². The van der Waals surface area contributed by atoms with Crippen LogP contribution in [0.5, 0.6) is 0 Å². The molecule has 0 amide bonds. The van der Waals surface area contributed by atoms with Crippen LogP contribution >= 0.6 is 0 Å². The third-order valence-electron chi connectivity index (χ3n) is 4.15. The number of aromatic nitrogens is 4. The van der Waals surface area contributed by atoms with Crippen molar-refractivity contribution < 1.29 is 26.3 Å². The van der Waals surface area contributed by atoms with Crippen LogP contribution in [-0.4, -0.2) is 19.4 Å². The fourth-order valence-electron chi connectivity index (χ4n) is 2.86. The summed E-state index contributed by atoms with van der Waals surface area (Å²) in [6.07, 6.45) is -6.50. The van der Waals surface area contributed by atoms with Gasteiger partial charge in [0.1, 0.15) is 11.5 Å². The SMILES string of the molecule is FC(F)(F)c1ccc(Nc2cccc(-c3c(C(F)(F)F)nc4ncccn34)n2)cc1. The van der Waals surface area contributed by atoms with Crippen molar-refractivity contribution in [2.45, 2.75) is 12.4 Å². The maximum absolute atomic E-state index is 13.5. The summed E-state index contributed by atoms with van der Waals surface area (Å²) in [5, 5.41) is 2.79. The van der Waals surface area contributed by atoms with E-state index in [9.17, 15) is 26.3 Å². The Kier molecular flexibility index (Phi) is 4.60. The second-order valence-electron chi connectivity index (χ2n) is 6.20. The maximum Gasteiger partial charge on any atom is 0.435 e. The van der Waals surface area contributed by atoms with Crippen molar-refractivity contribution in [3.8, 4) is 11.4 Å². The second-order valence-corrected chi connectivity index (χ2v) is 6.20. The van der Waals surface area contributed by atoms with Gasteiger partial charge in [-0.3, -0.25) is 4.40 Å². The first-order valence-electron chi connectivity index (χ1n) is 8.45. The molecule has 11 heteroatoms. The van der Waals surface area contributed by atoms with Crippen LogP contribution in [0.3, 0.4) is 0 Å². The van der Waals surface area contributed by atoms with Gasteiger partial charge in [0.2, 0.25) is 5.78 Å². The fraction of sp³-hybridized carbons (Fsp3) is 0.105. The topological polar surface area (TPSA) is 55.1 Å². The van der Waals surface area contributed by atoms with Gasteiger partial charge in [-0.15, -0.1) is 0 Å². The number of pyridine rings is 1. The molecule has 0 aliphatic carbocycles. The van der Waals surface area contributed by atoms with Crippen molar-refractivity contribution >= 4 is 17.3 Å². The summed E-state index contributed by atoms with van der Waals surface area (Å²) in [5.41, 5.74) is -1.98. The molecule has 1 aromatic carbocycles. The Morgan fingerprint density at radius 2 is 1.53 bits per heavy atom. The molecule has 3 aromatic heterocycles. The number of benzene rings is 1. The molecule has 1 N–H and O–H groups in total. The lowest BCUT2D eigenvalue weighted by atomic mass is 10.2. The number of imidazole rings is 1. The zero-order valence-corrected chi connectivity index (χ0v) is 14.8. The highest BCUT2D eigenvalue weighted by atomic mass is 19.4. The molecule has 154 valence electrons. The molecule has 0 spiro atoms. The largest absolute Gasteiger partial charge is 0.435 e. The van der Waals surface area contributed by atoms with Gasteiger partial charge < -0.3 is 5.32 Å². The monoisotopic (exact) mass is 423 g/mol. The van der Waals surface area contributed by atoms with E-state index in [0.29, 0.717) is 5.69 Å². The van der Waals surface area contributed by atoms with Crippen molar-refractivity contribution in [1.29, 1.82) is 0 Å². The molecule has 0 unspecified atom stereocenters. The van der Waals surface area contributed by atoms with E-state index in [2.05, 4.69) is 20.3 Å². The Bertz CT molecular complexity index is 1190. The number of hydrogen-bond acceptors (Lipinski definition) is 4. The molecule has 0 aliphatic heterocycles. The predicted octanol–water partition coefficient (Wildman–Crippen LogP) is 5.57. The highest BCUT2D eigenvalue weighted by Gasteiger charge is 2.39. The van der Waals surface area contributed by atoms with Crippen LogP contribution in [0.2, 0.25) is 0 Å². The molecule has 30 heavy (non-hydrogen) atoms. The van der Waals surface area contributed by atoms with Crippen LogP contribution in [0.25, 0.3) is 17.2 Å². The number of rotatable bonds is 3. The number of anilines is 2. The zero-order chi connectivity index (χ0) is 21.5. The predicted molar refractivity (Wildman–Crippen MR) is 95.9 cm³/mol. The molecular formula is C19H11F6N5. The van der Waals surface area contributed by atoms with Gasteiger partial charge in [0, 0.05) is 18.1 Å². The lowest BCUT2D eigenvalue weighted by Gasteiger charge is -2.11. The standard InChI is InChI=1S/C19H11F6N5/c20-18(21,22)11-5-7-12(8-6-11)27-14-4-1-3-13(28-14)15-16(19(23,24)25)29-17-26-9-2-10-30(15)17/h1-10H,(H,27,28). The minimum Gasteiger partial charge on any atom is -0.340 e. The van der Waals surface area contributed by atoms with Crippen molar-refractivity contribution in [3.05, 3.63) is 72.2 Å². The van der Waals surface area contributed by atoms with Gasteiger partial charge >= 0.3 is 12.4 Å². The number of fused-ring (bicyclic) bond motifs is 1. The van der Waals surface area contributed by atoms with Crippen molar-refractivity contribution in [3.63, 3.8) is 0 Å². The van der Waals surface area contributed by atoms with E-state index in [1.165, 1.54) is 53.2 Å². The first kappa shape index (κ1) is 19.7. The average Bonchev–Trinajstić information content (AvgIpc) is 3.08. The Hall–Kier alpha value is -3.63. The van der Waals surface area contributed by atoms with Crippen LogP contribution in [0.15, 0.2) is 60.9 Å². The van der Waals surface area contributed by atoms with Crippen LogP contribution in [0.1, 0.15) is 11.3 Å². The molecule has 4 rings (SSSR count). The van der Waals surface area contributed by atoms with E-state index >= 15 is 0 Å². The van der Waals surface area contributed by atoms with E-state index < -0.39 is 23.6 Å². The van der Waals surface area contributed by atoms with Gasteiger partial charge in [0.25, 0.3) is 0 Å². The highest BCUT2D eigenvalue weighted by Crippen LogP contribution is 2.36. The van der Waals surface area contributed by atoms with Gasteiger partial charge in [-0.2, -0.15) is 26.3 Å². The number of nitrogens with zero attached hydrogens (tertiary/aromatic N) is 4. The molecule has 3 heterocycles. The molecule has 4 aromatic rings. The normalized spacial score (nSPS) is 12.3. The molecule has 0 atom stereocenters. The second kappa shape index (κ2) is 7.01. The third-order valence-corrected chi connectivity index (χ3v) is 4.15. The summed E-state index contributed by atoms with van der Waals surface area (Å²) in [4.78, 5) is 11.6. The van der Waals surface area contributed by atoms with Gasteiger partial charge in [0.05, 0.1) is 11.3 Å². The lowest BCUT2D eigenvalue weighted by Crippen LogP contribution is -2.08. The zero-order valence-electron chi connectivity index (χ0n) is 14.8. The Balaban J connectivity index is 1.73. The van der Waals surface area contributed by atoms with Gasteiger partial charge in [-0.05, 0) is 42.5 Å². The average molecular weight is 423 g/mol. The summed E-state index contributed by atoms with van der Waals surface area (Å²) < 4.78 is 79.8. The van der Waals surface area contributed by atoms with E-state index in [1.807, 2.05) is 0 Å². The maximum atomic E-state index is 13.5. The van der Waals surface area contributed by atoms with Crippen LogP contribution in [0.4, 0.5) is 37.8 Å². The van der Waals surface area contributed by atoms with Crippen molar-refractivity contribution in [1.82, 2.24) is 19.4 Å². The third kappa shape index (κ3) is 3.78. The smallest absolute Gasteiger partial charge is 0.340 e. The summed E-state index contributed by atoms with van der Waals surface area (Å²) in [6.45, 7) is 0. The highest BCUT2D eigenvalue weighted by molar-refractivity contribution is 5.66. The summed E-state index contributed by atoms with van der Waals surface area (Å²) in [6, 6.07) is 9.99.